The van der Waals surface area contributed by atoms with Gasteiger partial charge in [-0.1, -0.05) is 41.1 Å². The van der Waals surface area contributed by atoms with Crippen LogP contribution in [0.5, 0.6) is 0 Å². The monoisotopic (exact) mass is 379 g/mol. The number of rotatable bonds is 4. The number of carbonyl (C=O) groups is 1. The lowest BCUT2D eigenvalue weighted by Gasteiger charge is -2.42. The average molecular weight is 380 g/mol. The fourth-order valence-corrected chi connectivity index (χ4v) is 4.09. The van der Waals surface area contributed by atoms with Crippen molar-refractivity contribution >= 4 is 45.6 Å². The molecule has 0 aliphatic carbocycles. The van der Waals surface area contributed by atoms with Crippen LogP contribution in [0.3, 0.4) is 0 Å². The van der Waals surface area contributed by atoms with E-state index in [0.717, 1.165) is 10.6 Å². The van der Waals surface area contributed by atoms with Crippen LogP contribution in [-0.4, -0.2) is 31.3 Å². The number of carbonyl (C=O) groups excluding carboxylic acids is 1. The molecule has 1 aliphatic heterocycles. The van der Waals surface area contributed by atoms with E-state index in [2.05, 4.69) is 15.3 Å². The molecule has 0 radical (unpaired) electrons. The van der Waals surface area contributed by atoms with Crippen molar-refractivity contribution in [1.82, 2.24) is 20.0 Å². The Morgan fingerprint density at radius 3 is 2.79 bits per heavy atom. The zero-order chi connectivity index (χ0) is 16.7. The molecule has 2 unspecified atom stereocenters. The fraction of sp³-hybridized carbons (Fsp3) is 0.200. The summed E-state index contributed by atoms with van der Waals surface area (Å²) in [7, 11) is 0. The van der Waals surface area contributed by atoms with E-state index in [-0.39, 0.29) is 11.9 Å². The summed E-state index contributed by atoms with van der Waals surface area (Å²) in [5.41, 5.74) is 0.808. The molecule has 0 N–H and O–H groups in total. The number of benzene rings is 1. The lowest BCUT2D eigenvalue weighted by molar-refractivity contribution is -0.123. The number of anilines is 1. The number of alkyl halides is 1. The van der Waals surface area contributed by atoms with Crippen LogP contribution in [0.2, 0.25) is 5.02 Å². The standard InChI is InChI=1S/C15H11Cl2N5OS/c16-10-5-2-1-4-9(10)13-12(17)14(23)22(13)15-20-19-11(24-15)8-21-7-3-6-18-21/h1-7,12-13H,8H2. The first-order chi connectivity index (χ1) is 11.6. The van der Waals surface area contributed by atoms with Gasteiger partial charge in [0.25, 0.3) is 0 Å². The highest BCUT2D eigenvalue weighted by Gasteiger charge is 2.50. The molecule has 2 atom stereocenters. The highest BCUT2D eigenvalue weighted by atomic mass is 35.5. The SMILES string of the molecule is O=C1C(Cl)C(c2ccccc2Cl)N1c1nnc(Cn2cccn2)s1. The Bertz CT molecular complexity index is 882. The molecular weight excluding hydrogens is 369 g/mol. The second kappa shape index (κ2) is 6.16. The van der Waals surface area contributed by atoms with Crippen LogP contribution in [0.15, 0.2) is 42.7 Å². The summed E-state index contributed by atoms with van der Waals surface area (Å²) in [6.45, 7) is 0.508. The molecule has 0 bridgehead atoms. The van der Waals surface area contributed by atoms with E-state index >= 15 is 0 Å². The molecule has 1 aromatic carbocycles. The van der Waals surface area contributed by atoms with E-state index < -0.39 is 5.38 Å². The molecule has 0 saturated carbocycles. The largest absolute Gasteiger partial charge is 0.276 e. The van der Waals surface area contributed by atoms with Gasteiger partial charge in [-0.25, -0.2) is 0 Å². The molecule has 3 aromatic rings. The van der Waals surface area contributed by atoms with Gasteiger partial charge in [-0.2, -0.15) is 5.10 Å². The number of hydrogen-bond acceptors (Lipinski definition) is 5. The molecule has 9 heteroatoms. The fourth-order valence-electron chi connectivity index (χ4n) is 2.62. The minimum Gasteiger partial charge on any atom is -0.276 e. The molecule has 24 heavy (non-hydrogen) atoms. The van der Waals surface area contributed by atoms with Gasteiger partial charge in [-0.15, -0.1) is 21.8 Å². The molecular formula is C15H11Cl2N5OS. The third-order valence-electron chi connectivity index (χ3n) is 3.77. The quantitative estimate of drug-likeness (QED) is 0.515. The van der Waals surface area contributed by atoms with Gasteiger partial charge in [0.15, 0.2) is 0 Å². The third-order valence-corrected chi connectivity index (χ3v) is 5.45. The van der Waals surface area contributed by atoms with Crippen molar-refractivity contribution < 1.29 is 4.79 Å². The number of halogens is 2. The van der Waals surface area contributed by atoms with Gasteiger partial charge in [0, 0.05) is 17.4 Å². The van der Waals surface area contributed by atoms with Crippen molar-refractivity contribution in [3.8, 4) is 0 Å². The summed E-state index contributed by atoms with van der Waals surface area (Å²) < 4.78 is 1.75. The zero-order valence-electron chi connectivity index (χ0n) is 12.2. The van der Waals surface area contributed by atoms with E-state index in [4.69, 9.17) is 23.2 Å². The smallest absolute Gasteiger partial charge is 0.250 e. The van der Waals surface area contributed by atoms with Gasteiger partial charge in [0.05, 0.1) is 12.6 Å². The van der Waals surface area contributed by atoms with Gasteiger partial charge >= 0.3 is 0 Å². The van der Waals surface area contributed by atoms with Crippen LogP contribution >= 0.6 is 34.5 Å². The minimum atomic E-state index is -0.650. The Labute approximate surface area is 151 Å². The number of hydrogen-bond donors (Lipinski definition) is 0. The van der Waals surface area contributed by atoms with Crippen LogP contribution in [0, 0.1) is 0 Å². The number of nitrogens with zero attached hydrogens (tertiary/aromatic N) is 5. The summed E-state index contributed by atoms with van der Waals surface area (Å²) in [5.74, 6) is -0.191. The summed E-state index contributed by atoms with van der Waals surface area (Å²) in [6.07, 6.45) is 3.55. The predicted octanol–water partition coefficient (Wildman–Crippen LogP) is 3.13. The van der Waals surface area contributed by atoms with Crippen molar-refractivity contribution in [3.63, 3.8) is 0 Å². The molecule has 1 saturated heterocycles. The van der Waals surface area contributed by atoms with E-state index in [1.165, 1.54) is 11.3 Å². The Morgan fingerprint density at radius 1 is 1.21 bits per heavy atom. The molecule has 0 spiro atoms. The van der Waals surface area contributed by atoms with Gasteiger partial charge in [0.1, 0.15) is 10.4 Å². The molecule has 1 amide bonds. The Kier molecular flexibility index (Phi) is 3.99. The van der Waals surface area contributed by atoms with E-state index in [1.54, 1.807) is 21.8 Å². The van der Waals surface area contributed by atoms with Crippen molar-refractivity contribution in [1.29, 1.82) is 0 Å². The summed E-state index contributed by atoms with van der Waals surface area (Å²) in [4.78, 5) is 13.8. The normalized spacial score (nSPS) is 20.2. The first-order valence-corrected chi connectivity index (χ1v) is 8.79. The van der Waals surface area contributed by atoms with Crippen molar-refractivity contribution in [2.24, 2.45) is 0 Å². The number of β-lactam (4-membered cyclic amide) rings is 1. The first kappa shape index (κ1) is 15.6. The van der Waals surface area contributed by atoms with E-state index in [0.29, 0.717) is 16.7 Å². The highest BCUT2D eigenvalue weighted by Crippen LogP contribution is 2.44. The number of amides is 1. The Hall–Kier alpha value is -1.96. The van der Waals surface area contributed by atoms with Crippen molar-refractivity contribution in [2.45, 2.75) is 18.0 Å². The van der Waals surface area contributed by atoms with Crippen LogP contribution in [0.25, 0.3) is 0 Å². The summed E-state index contributed by atoms with van der Waals surface area (Å²) in [5, 5.41) is 13.6. The van der Waals surface area contributed by atoms with Crippen LogP contribution in [0.1, 0.15) is 16.6 Å². The summed E-state index contributed by atoms with van der Waals surface area (Å²) in [6, 6.07) is 8.87. The van der Waals surface area contributed by atoms with Gasteiger partial charge in [-0.05, 0) is 17.7 Å². The van der Waals surface area contributed by atoms with Gasteiger partial charge < -0.3 is 0 Å². The lowest BCUT2D eigenvalue weighted by Crippen LogP contribution is -2.56. The average Bonchev–Trinajstić information content (AvgIpc) is 3.25. The van der Waals surface area contributed by atoms with Crippen molar-refractivity contribution in [2.75, 3.05) is 4.90 Å². The lowest BCUT2D eigenvalue weighted by atomic mass is 9.94. The van der Waals surface area contributed by atoms with Crippen LogP contribution in [-0.2, 0) is 11.3 Å². The maximum atomic E-state index is 12.3. The second-order valence-electron chi connectivity index (χ2n) is 5.26. The predicted molar refractivity (Wildman–Crippen MR) is 92.6 cm³/mol. The molecule has 3 heterocycles. The minimum absolute atomic E-state index is 0.191. The van der Waals surface area contributed by atoms with Crippen LogP contribution in [0.4, 0.5) is 5.13 Å². The molecule has 2 aromatic heterocycles. The van der Waals surface area contributed by atoms with Crippen LogP contribution < -0.4 is 4.90 Å². The number of aromatic nitrogens is 4. The molecule has 4 rings (SSSR count). The molecule has 1 aliphatic rings. The van der Waals surface area contributed by atoms with E-state index in [9.17, 15) is 4.79 Å². The van der Waals surface area contributed by atoms with Gasteiger partial charge in [-0.3, -0.25) is 14.4 Å². The second-order valence-corrected chi connectivity index (χ2v) is 7.18. The Balaban J connectivity index is 1.62. The highest BCUT2D eigenvalue weighted by molar-refractivity contribution is 7.15. The molecule has 6 nitrogen and oxygen atoms in total. The topological polar surface area (TPSA) is 63.9 Å². The van der Waals surface area contributed by atoms with Gasteiger partial charge in [0.2, 0.25) is 11.0 Å². The zero-order valence-corrected chi connectivity index (χ0v) is 14.5. The maximum absolute atomic E-state index is 12.3. The first-order valence-electron chi connectivity index (χ1n) is 7.16. The summed E-state index contributed by atoms with van der Waals surface area (Å²) >= 11 is 13.8. The van der Waals surface area contributed by atoms with E-state index in [1.807, 2.05) is 30.5 Å². The molecule has 122 valence electrons. The third kappa shape index (κ3) is 2.58. The Morgan fingerprint density at radius 2 is 2.04 bits per heavy atom. The maximum Gasteiger partial charge on any atom is 0.250 e. The molecule has 1 fully saturated rings. The van der Waals surface area contributed by atoms with Crippen molar-refractivity contribution in [3.05, 3.63) is 58.3 Å².